The largest absolute Gasteiger partial charge is 0.309 e. The van der Waals surface area contributed by atoms with Gasteiger partial charge in [0.25, 0.3) is 0 Å². The van der Waals surface area contributed by atoms with Crippen LogP contribution in [-0.4, -0.2) is 4.98 Å². The van der Waals surface area contributed by atoms with Gasteiger partial charge in [-0.05, 0) is 28.0 Å². The van der Waals surface area contributed by atoms with Crippen LogP contribution in [0.15, 0.2) is 170 Å². The summed E-state index contributed by atoms with van der Waals surface area (Å²) in [5, 5.41) is 8.44. The molecule has 0 aliphatic carbocycles. The van der Waals surface area contributed by atoms with E-state index in [-0.39, 0.29) is 0 Å². The summed E-state index contributed by atoms with van der Waals surface area (Å²) in [6.07, 6.45) is 0. The number of nitrogens with zero attached hydrogens (tertiary/aromatic N) is 1. The fourth-order valence-electron chi connectivity index (χ4n) is 6.36. The van der Waals surface area contributed by atoms with Gasteiger partial charge in [0.15, 0.2) is 7.14 Å². The summed E-state index contributed by atoms with van der Waals surface area (Å²) in [5.41, 5.74) is 5.17. The molecule has 1 aromatic heterocycles. The van der Waals surface area contributed by atoms with E-state index in [0.717, 1.165) is 54.6 Å². The predicted octanol–water partition coefficient (Wildman–Crippen LogP) is 9.51. The first-order valence-corrected chi connectivity index (χ1v) is 16.5. The highest BCUT2D eigenvalue weighted by atomic mass is 31.2. The summed E-state index contributed by atoms with van der Waals surface area (Å²) >= 11 is 0. The third kappa shape index (κ3) is 4.35. The van der Waals surface area contributed by atoms with Crippen molar-refractivity contribution in [2.45, 2.75) is 0 Å². The van der Waals surface area contributed by atoms with E-state index < -0.39 is 7.14 Å². The van der Waals surface area contributed by atoms with Crippen molar-refractivity contribution >= 4 is 55.5 Å². The number of hydrogen-bond donors (Lipinski definition) is 0. The lowest BCUT2D eigenvalue weighted by molar-refractivity contribution is 0.592. The molecule has 0 unspecified atom stereocenters. The maximum atomic E-state index is 14.8. The lowest BCUT2D eigenvalue weighted by Crippen LogP contribution is -2.24. The lowest BCUT2D eigenvalue weighted by atomic mass is 9.94. The maximum absolute atomic E-state index is 14.8. The van der Waals surface area contributed by atoms with E-state index in [1.54, 1.807) is 0 Å². The lowest BCUT2D eigenvalue weighted by Gasteiger charge is -2.20. The average molecular weight is 582 g/mol. The minimum Gasteiger partial charge on any atom is -0.309 e. The molecule has 0 aliphatic heterocycles. The van der Waals surface area contributed by atoms with Gasteiger partial charge in [-0.3, -0.25) is 0 Å². The second-order valence-electron chi connectivity index (χ2n) is 11.1. The molecule has 0 bridgehead atoms. The second-order valence-corrected chi connectivity index (χ2v) is 13.9. The van der Waals surface area contributed by atoms with E-state index in [1.807, 2.05) is 78.9 Å². The van der Waals surface area contributed by atoms with Crippen molar-refractivity contribution in [2.75, 3.05) is 0 Å². The molecule has 0 atom stereocenters. The molecular formula is C41H28NOP. The molecule has 0 fully saturated rings. The number of fused-ring (bicyclic) bond motifs is 5. The third-order valence-electron chi connectivity index (χ3n) is 8.53. The van der Waals surface area contributed by atoms with Crippen LogP contribution < -0.4 is 15.9 Å². The Hall–Kier alpha value is -5.30. The molecule has 0 radical (unpaired) electrons. The summed E-state index contributed by atoms with van der Waals surface area (Å²) < 4.78 is 14.8. The first kappa shape index (κ1) is 26.3. The molecule has 7 aromatic carbocycles. The van der Waals surface area contributed by atoms with Crippen LogP contribution in [0.25, 0.3) is 54.8 Å². The predicted molar refractivity (Wildman–Crippen MR) is 187 cm³/mol. The molecule has 0 saturated carbocycles. The minimum atomic E-state index is -3.03. The van der Waals surface area contributed by atoms with Crippen LogP contribution in [0.3, 0.4) is 0 Å². The van der Waals surface area contributed by atoms with Crippen LogP contribution in [0.2, 0.25) is 0 Å². The fraction of sp³-hybridized carbons (Fsp3) is 0. The van der Waals surface area contributed by atoms with Crippen molar-refractivity contribution in [1.82, 2.24) is 4.98 Å². The number of benzene rings is 7. The van der Waals surface area contributed by atoms with Gasteiger partial charge in [-0.2, -0.15) is 0 Å². The zero-order valence-electron chi connectivity index (χ0n) is 24.0. The van der Waals surface area contributed by atoms with E-state index in [0.29, 0.717) is 0 Å². The quantitative estimate of drug-likeness (QED) is 0.150. The highest BCUT2D eigenvalue weighted by molar-refractivity contribution is 7.85. The molecule has 0 aliphatic rings. The van der Waals surface area contributed by atoms with Crippen molar-refractivity contribution < 1.29 is 4.57 Å². The zero-order valence-corrected chi connectivity index (χ0v) is 24.9. The molecule has 0 N–H and O–H groups in total. The Kier molecular flexibility index (Phi) is 6.44. The number of aromatic nitrogens is 1. The molecular weight excluding hydrogens is 553 g/mol. The van der Waals surface area contributed by atoms with Crippen LogP contribution in [0, 0.1) is 0 Å². The maximum Gasteiger partial charge on any atom is 0.171 e. The molecule has 0 spiro atoms. The Morgan fingerprint density at radius 1 is 0.409 bits per heavy atom. The van der Waals surface area contributed by atoms with Gasteiger partial charge >= 0.3 is 0 Å². The molecule has 3 heteroatoms. The Morgan fingerprint density at radius 2 is 0.955 bits per heavy atom. The van der Waals surface area contributed by atoms with Gasteiger partial charge in [0.05, 0.1) is 11.2 Å². The van der Waals surface area contributed by atoms with Crippen LogP contribution in [0.5, 0.6) is 0 Å². The molecule has 44 heavy (non-hydrogen) atoms. The second kappa shape index (κ2) is 10.8. The van der Waals surface area contributed by atoms with Gasteiger partial charge in [-0.1, -0.05) is 164 Å². The first-order valence-electron chi connectivity index (χ1n) is 14.8. The van der Waals surface area contributed by atoms with Gasteiger partial charge < -0.3 is 4.57 Å². The summed E-state index contributed by atoms with van der Waals surface area (Å²) in [5.74, 6) is 0. The Labute approximate surface area is 256 Å². The molecule has 1 heterocycles. The number of hydrogen-bond acceptors (Lipinski definition) is 2. The van der Waals surface area contributed by atoms with Crippen LogP contribution in [0.4, 0.5) is 0 Å². The van der Waals surface area contributed by atoms with Crippen LogP contribution in [0.1, 0.15) is 0 Å². The van der Waals surface area contributed by atoms with Crippen molar-refractivity contribution in [3.05, 3.63) is 170 Å². The number of rotatable bonds is 5. The zero-order chi connectivity index (χ0) is 29.5. The molecule has 0 saturated heterocycles. The van der Waals surface area contributed by atoms with Crippen LogP contribution in [-0.2, 0) is 4.57 Å². The van der Waals surface area contributed by atoms with Gasteiger partial charge in [0.1, 0.15) is 0 Å². The van der Waals surface area contributed by atoms with Crippen molar-refractivity contribution in [2.24, 2.45) is 0 Å². The monoisotopic (exact) mass is 581 g/mol. The van der Waals surface area contributed by atoms with Crippen LogP contribution >= 0.6 is 7.14 Å². The SMILES string of the molecule is O=P(c1ccccc1)(c1ccccc1)c1ccc(-c2ccc3c(c2)nc(-c2ccccc2)c2ccc4ccccc4c23)cc1. The van der Waals surface area contributed by atoms with Gasteiger partial charge in [-0.25, -0.2) is 4.98 Å². The summed E-state index contributed by atoms with van der Waals surface area (Å²) in [6.45, 7) is 0. The summed E-state index contributed by atoms with van der Waals surface area (Å²) in [7, 11) is -3.03. The van der Waals surface area contributed by atoms with E-state index in [9.17, 15) is 4.57 Å². The third-order valence-corrected chi connectivity index (χ3v) is 11.6. The highest BCUT2D eigenvalue weighted by Gasteiger charge is 2.29. The highest BCUT2D eigenvalue weighted by Crippen LogP contribution is 2.43. The normalized spacial score (nSPS) is 11.7. The smallest absolute Gasteiger partial charge is 0.171 e. The Bertz CT molecular complexity index is 2290. The molecule has 0 amide bonds. The topological polar surface area (TPSA) is 30.0 Å². The van der Waals surface area contributed by atoms with E-state index in [2.05, 4.69) is 91.0 Å². The van der Waals surface area contributed by atoms with Crippen molar-refractivity contribution in [3.8, 4) is 22.4 Å². The minimum absolute atomic E-state index is 0.821. The first-order chi connectivity index (χ1) is 21.7. The summed E-state index contributed by atoms with van der Waals surface area (Å²) in [4.78, 5) is 5.26. The Balaban J connectivity index is 1.29. The fourth-order valence-corrected chi connectivity index (χ4v) is 9.01. The molecule has 8 aromatic rings. The van der Waals surface area contributed by atoms with Gasteiger partial charge in [-0.15, -0.1) is 0 Å². The van der Waals surface area contributed by atoms with Gasteiger partial charge in [0.2, 0.25) is 0 Å². The summed E-state index contributed by atoms with van der Waals surface area (Å²) in [6, 6.07) is 57.8. The molecule has 208 valence electrons. The average Bonchev–Trinajstić information content (AvgIpc) is 3.11. The number of pyridine rings is 1. The van der Waals surface area contributed by atoms with E-state index in [1.165, 1.54) is 16.2 Å². The standard InChI is InChI=1S/C41H28NOP/c43-44(33-15-6-2-7-16-33,34-17-8-3-9-18-34)35-24-20-29(21-25-35)32-23-26-37-39(28-32)42-41(31-13-4-1-5-14-31)38-27-22-30-12-10-11-19-36(30)40(37)38/h1-28H. The van der Waals surface area contributed by atoms with Crippen molar-refractivity contribution in [1.29, 1.82) is 0 Å². The molecule has 8 rings (SSSR count). The Morgan fingerprint density at radius 3 is 1.64 bits per heavy atom. The molecule has 2 nitrogen and oxygen atoms in total. The van der Waals surface area contributed by atoms with E-state index in [4.69, 9.17) is 4.98 Å². The van der Waals surface area contributed by atoms with E-state index >= 15 is 0 Å². The van der Waals surface area contributed by atoms with Gasteiger partial charge in [0, 0.05) is 37.6 Å². The van der Waals surface area contributed by atoms with Crippen molar-refractivity contribution in [3.63, 3.8) is 0 Å².